The molecule has 11 heavy (non-hydrogen) atoms. The molecule has 0 saturated heterocycles. The SMILES string of the molecule is CC1=Cc2ccccc2[CH]1.[Pr]. The quantitative estimate of drug-likeness (QED) is 0.680. The van der Waals surface area contributed by atoms with Crippen molar-refractivity contribution in [2.24, 2.45) is 0 Å². The normalized spacial score (nSPS) is 13.4. The molecule has 2 rings (SSSR count). The molecule has 0 atom stereocenters. The maximum absolute atomic E-state index is 2.20. The Morgan fingerprint density at radius 3 is 2.27 bits per heavy atom. The predicted molar refractivity (Wildman–Crippen MR) is 43.5 cm³/mol. The van der Waals surface area contributed by atoms with E-state index in [1.807, 2.05) is 0 Å². The molecule has 0 N–H and O–H groups in total. The standard InChI is InChI=1S/C10H9.Pr/c1-8-6-9-4-2-3-5-10(9)7-8;/h2-7H,1H3;. The zero-order valence-corrected chi connectivity index (χ0v) is 10.2. The fourth-order valence-corrected chi connectivity index (χ4v) is 1.31. The summed E-state index contributed by atoms with van der Waals surface area (Å²) in [6, 6.07) is 8.42. The van der Waals surface area contributed by atoms with Crippen LogP contribution in [0.5, 0.6) is 0 Å². The molecule has 0 spiro atoms. The van der Waals surface area contributed by atoms with Crippen molar-refractivity contribution in [1.82, 2.24) is 0 Å². The second kappa shape index (κ2) is 3.82. The Morgan fingerprint density at radius 2 is 1.64 bits per heavy atom. The average Bonchev–Trinajstić information content (AvgIpc) is 2.27. The van der Waals surface area contributed by atoms with Gasteiger partial charge >= 0.3 is 0 Å². The number of hydrogen-bond acceptors (Lipinski definition) is 0. The van der Waals surface area contributed by atoms with Gasteiger partial charge in [0.2, 0.25) is 0 Å². The van der Waals surface area contributed by atoms with Crippen LogP contribution in [0.2, 0.25) is 0 Å². The van der Waals surface area contributed by atoms with Crippen molar-refractivity contribution in [3.05, 3.63) is 47.4 Å². The number of benzene rings is 1. The second-order valence-electron chi connectivity index (χ2n) is 2.66. The van der Waals surface area contributed by atoms with Crippen LogP contribution in [-0.2, 0) is 0 Å². The van der Waals surface area contributed by atoms with Crippen molar-refractivity contribution < 1.29 is 41.3 Å². The van der Waals surface area contributed by atoms with Gasteiger partial charge in [-0.25, -0.2) is 0 Å². The van der Waals surface area contributed by atoms with E-state index in [1.54, 1.807) is 0 Å². The van der Waals surface area contributed by atoms with Crippen LogP contribution in [0.25, 0.3) is 6.08 Å². The van der Waals surface area contributed by atoms with Gasteiger partial charge in [0, 0.05) is 47.7 Å². The topological polar surface area (TPSA) is 0 Å². The zero-order valence-electron chi connectivity index (χ0n) is 6.54. The number of fused-ring (bicyclic) bond motifs is 1. The van der Waals surface area contributed by atoms with Gasteiger partial charge in [0.25, 0.3) is 0 Å². The van der Waals surface area contributed by atoms with Crippen molar-refractivity contribution in [3.63, 3.8) is 0 Å². The molecule has 0 unspecified atom stereocenters. The van der Waals surface area contributed by atoms with Gasteiger partial charge in [-0.1, -0.05) is 35.9 Å². The minimum atomic E-state index is 0. The van der Waals surface area contributed by atoms with Gasteiger partial charge in [0.05, 0.1) is 0 Å². The van der Waals surface area contributed by atoms with Crippen LogP contribution in [0.4, 0.5) is 0 Å². The summed E-state index contributed by atoms with van der Waals surface area (Å²) in [5, 5.41) is 0. The molecule has 0 nitrogen and oxygen atoms in total. The molecule has 2 radical (unpaired) electrons. The molecule has 1 heteroatoms. The summed E-state index contributed by atoms with van der Waals surface area (Å²) in [5.41, 5.74) is 4.04. The molecule has 0 fully saturated rings. The zero-order chi connectivity index (χ0) is 6.97. The van der Waals surface area contributed by atoms with E-state index in [-0.39, 0.29) is 41.3 Å². The minimum Gasteiger partial charge on any atom is -0.0643 e. The Kier molecular flexibility index (Phi) is 3.27. The number of rotatable bonds is 0. The van der Waals surface area contributed by atoms with Gasteiger partial charge in [0.1, 0.15) is 0 Å². The van der Waals surface area contributed by atoms with Crippen LogP contribution in [0.3, 0.4) is 0 Å². The Bertz CT molecular complexity index is 287. The van der Waals surface area contributed by atoms with E-state index in [9.17, 15) is 0 Å². The van der Waals surface area contributed by atoms with Crippen LogP contribution in [-0.4, -0.2) is 0 Å². The third kappa shape index (κ3) is 1.92. The minimum absolute atomic E-state index is 0. The van der Waals surface area contributed by atoms with Gasteiger partial charge < -0.3 is 0 Å². The molecule has 1 aromatic rings. The summed E-state index contributed by atoms with van der Waals surface area (Å²) in [5.74, 6) is 0. The van der Waals surface area contributed by atoms with Crippen molar-refractivity contribution in [3.8, 4) is 0 Å². The van der Waals surface area contributed by atoms with Crippen LogP contribution in [0.15, 0.2) is 29.8 Å². The molecule has 1 aliphatic rings. The number of allylic oxidation sites excluding steroid dienone is 1. The fraction of sp³-hybridized carbons (Fsp3) is 0.100. The van der Waals surface area contributed by atoms with Crippen molar-refractivity contribution in [1.29, 1.82) is 0 Å². The Balaban J connectivity index is 0.000000605. The molecule has 0 bridgehead atoms. The summed E-state index contributed by atoms with van der Waals surface area (Å²) in [7, 11) is 0. The molecule has 52 valence electrons. The molecular weight excluding hydrogens is 261 g/mol. The Hall–Kier alpha value is 0.324. The summed E-state index contributed by atoms with van der Waals surface area (Å²) >= 11 is 0. The van der Waals surface area contributed by atoms with Crippen LogP contribution >= 0.6 is 0 Å². The average molecular weight is 270 g/mol. The first-order chi connectivity index (χ1) is 4.86. The van der Waals surface area contributed by atoms with Gasteiger partial charge in [-0.05, 0) is 18.1 Å². The predicted octanol–water partition coefficient (Wildman–Crippen LogP) is 2.66. The summed E-state index contributed by atoms with van der Waals surface area (Å²) in [6.45, 7) is 2.12. The Labute approximate surface area is 101 Å². The van der Waals surface area contributed by atoms with E-state index < -0.39 is 0 Å². The summed E-state index contributed by atoms with van der Waals surface area (Å²) < 4.78 is 0. The van der Waals surface area contributed by atoms with Gasteiger partial charge in [-0.3, -0.25) is 0 Å². The first kappa shape index (κ1) is 9.41. The first-order valence-corrected chi connectivity index (χ1v) is 3.48. The first-order valence-electron chi connectivity index (χ1n) is 3.48. The molecule has 0 aliphatic heterocycles. The molecule has 1 aliphatic carbocycles. The van der Waals surface area contributed by atoms with Crippen molar-refractivity contribution in [2.75, 3.05) is 0 Å². The third-order valence-electron chi connectivity index (χ3n) is 1.76. The summed E-state index contributed by atoms with van der Waals surface area (Å²) in [4.78, 5) is 0. The van der Waals surface area contributed by atoms with Crippen molar-refractivity contribution in [2.45, 2.75) is 6.92 Å². The second-order valence-corrected chi connectivity index (χ2v) is 2.66. The number of hydrogen-bond donors (Lipinski definition) is 0. The molecule has 0 heterocycles. The van der Waals surface area contributed by atoms with Gasteiger partial charge in [0.15, 0.2) is 0 Å². The van der Waals surface area contributed by atoms with Crippen LogP contribution in [0.1, 0.15) is 18.1 Å². The van der Waals surface area contributed by atoms with E-state index >= 15 is 0 Å². The molecule has 0 saturated carbocycles. The van der Waals surface area contributed by atoms with E-state index in [0.717, 1.165) is 0 Å². The van der Waals surface area contributed by atoms with E-state index in [0.29, 0.717) is 0 Å². The third-order valence-corrected chi connectivity index (χ3v) is 1.76. The van der Waals surface area contributed by atoms with Crippen molar-refractivity contribution >= 4 is 6.08 Å². The monoisotopic (exact) mass is 270 g/mol. The van der Waals surface area contributed by atoms with E-state index in [2.05, 4.69) is 43.7 Å². The largest absolute Gasteiger partial charge is 0.0643 e. The van der Waals surface area contributed by atoms with Gasteiger partial charge in [-0.15, -0.1) is 0 Å². The molecule has 0 amide bonds. The molecular formula is C10H9Pr. The van der Waals surface area contributed by atoms with E-state index in [4.69, 9.17) is 0 Å². The molecule has 1 aromatic carbocycles. The molecule has 0 aromatic heterocycles. The maximum Gasteiger partial charge on any atom is 0.0161 e. The van der Waals surface area contributed by atoms with E-state index in [1.165, 1.54) is 16.7 Å². The summed E-state index contributed by atoms with van der Waals surface area (Å²) in [6.07, 6.45) is 4.41. The van der Waals surface area contributed by atoms with Gasteiger partial charge in [-0.2, -0.15) is 0 Å². The fourth-order valence-electron chi connectivity index (χ4n) is 1.31. The smallest absolute Gasteiger partial charge is 0.0161 e. The van der Waals surface area contributed by atoms with Crippen LogP contribution in [0, 0.1) is 47.7 Å². The van der Waals surface area contributed by atoms with Crippen LogP contribution < -0.4 is 0 Å². The maximum atomic E-state index is 2.20. The Morgan fingerprint density at radius 1 is 1.00 bits per heavy atom.